The molecule has 2 N–H and O–H groups in total. The summed E-state index contributed by atoms with van der Waals surface area (Å²) in [4.78, 5) is 3.90. The summed E-state index contributed by atoms with van der Waals surface area (Å²) in [5.41, 5.74) is 8.58. The summed E-state index contributed by atoms with van der Waals surface area (Å²) in [7, 11) is 0. The summed E-state index contributed by atoms with van der Waals surface area (Å²) < 4.78 is 0. The predicted octanol–water partition coefficient (Wildman–Crippen LogP) is 1.68. The van der Waals surface area contributed by atoms with E-state index in [0.29, 0.717) is 11.5 Å². The van der Waals surface area contributed by atoms with Crippen LogP contribution in [0.2, 0.25) is 0 Å². The van der Waals surface area contributed by atoms with Crippen LogP contribution in [0.15, 0.2) is 30.6 Å². The highest BCUT2D eigenvalue weighted by atomic mass is 15.1. The first-order valence-corrected chi connectivity index (χ1v) is 4.83. The lowest BCUT2D eigenvalue weighted by atomic mass is 10.1. The van der Waals surface area contributed by atoms with E-state index < -0.39 is 0 Å². The Morgan fingerprint density at radius 3 is 2.53 bits per heavy atom. The molecule has 1 aromatic carbocycles. The quantitative estimate of drug-likeness (QED) is 0.801. The van der Waals surface area contributed by atoms with E-state index in [-0.39, 0.29) is 0 Å². The van der Waals surface area contributed by atoms with Gasteiger partial charge in [-0.3, -0.25) is 0 Å². The molecule has 0 fully saturated rings. The molecular weight excluding hydrogens is 188 g/mol. The molecule has 0 aliphatic carbocycles. The molecule has 76 valence electrons. The topological polar surface area (TPSA) is 64.7 Å². The van der Waals surface area contributed by atoms with Crippen molar-refractivity contribution in [3.05, 3.63) is 36.2 Å². The summed E-state index contributed by atoms with van der Waals surface area (Å²) in [5.74, 6) is 0.411. The molecule has 0 unspecified atom stereocenters. The maximum Gasteiger partial charge on any atom is 0.153 e. The van der Waals surface area contributed by atoms with Crippen LogP contribution < -0.4 is 5.73 Å². The molecule has 0 radical (unpaired) electrons. The van der Waals surface area contributed by atoms with Crippen LogP contribution >= 0.6 is 0 Å². The monoisotopic (exact) mass is 200 g/mol. The van der Waals surface area contributed by atoms with E-state index in [4.69, 9.17) is 5.73 Å². The van der Waals surface area contributed by atoms with Crippen molar-refractivity contribution >= 4 is 5.82 Å². The number of nitrogens with zero attached hydrogens (tertiary/aromatic N) is 3. The number of benzene rings is 1. The summed E-state index contributed by atoms with van der Waals surface area (Å²) in [6.07, 6.45) is 2.37. The van der Waals surface area contributed by atoms with Crippen molar-refractivity contribution < 1.29 is 0 Å². The van der Waals surface area contributed by atoms with Crippen LogP contribution in [-0.4, -0.2) is 15.2 Å². The van der Waals surface area contributed by atoms with Gasteiger partial charge in [-0.25, -0.2) is 4.98 Å². The Kier molecular flexibility index (Phi) is 2.58. The first kappa shape index (κ1) is 9.58. The van der Waals surface area contributed by atoms with Gasteiger partial charge in [0.05, 0.1) is 0 Å². The molecule has 4 nitrogen and oxygen atoms in total. The van der Waals surface area contributed by atoms with Crippen molar-refractivity contribution in [2.24, 2.45) is 0 Å². The van der Waals surface area contributed by atoms with E-state index in [1.165, 1.54) is 11.9 Å². The van der Waals surface area contributed by atoms with Crippen molar-refractivity contribution in [3.8, 4) is 11.3 Å². The molecule has 2 rings (SSSR count). The largest absolute Gasteiger partial charge is 0.382 e. The number of nitrogen functional groups attached to an aromatic ring is 1. The first-order chi connectivity index (χ1) is 7.31. The van der Waals surface area contributed by atoms with Crippen molar-refractivity contribution in [2.45, 2.75) is 13.3 Å². The Balaban J connectivity index is 2.42. The van der Waals surface area contributed by atoms with Gasteiger partial charge in [0.25, 0.3) is 0 Å². The normalized spacial score (nSPS) is 10.2. The molecule has 0 amide bonds. The van der Waals surface area contributed by atoms with Crippen LogP contribution in [0.5, 0.6) is 0 Å². The molecule has 0 atom stereocenters. The van der Waals surface area contributed by atoms with Crippen molar-refractivity contribution in [3.63, 3.8) is 0 Å². The van der Waals surface area contributed by atoms with Crippen LogP contribution in [0, 0.1) is 0 Å². The van der Waals surface area contributed by atoms with Crippen molar-refractivity contribution in [2.75, 3.05) is 5.73 Å². The smallest absolute Gasteiger partial charge is 0.153 e. The van der Waals surface area contributed by atoms with Crippen LogP contribution in [0.4, 0.5) is 5.82 Å². The molecule has 15 heavy (non-hydrogen) atoms. The number of nitrogens with two attached hydrogens (primary N) is 1. The molecule has 2 aromatic rings. The average Bonchev–Trinajstić information content (AvgIpc) is 2.30. The number of hydrogen-bond donors (Lipinski definition) is 1. The second kappa shape index (κ2) is 4.04. The van der Waals surface area contributed by atoms with Crippen molar-refractivity contribution in [1.29, 1.82) is 0 Å². The Bertz CT molecular complexity index is 450. The molecule has 0 aliphatic rings. The molecule has 1 aromatic heterocycles. The highest BCUT2D eigenvalue weighted by Gasteiger charge is 2.04. The second-order valence-corrected chi connectivity index (χ2v) is 3.24. The van der Waals surface area contributed by atoms with Crippen LogP contribution in [0.3, 0.4) is 0 Å². The highest BCUT2D eigenvalue weighted by Crippen LogP contribution is 2.20. The van der Waals surface area contributed by atoms with E-state index in [2.05, 4.69) is 34.2 Å². The third-order valence-corrected chi connectivity index (χ3v) is 2.28. The van der Waals surface area contributed by atoms with Crippen molar-refractivity contribution in [1.82, 2.24) is 15.2 Å². The first-order valence-electron chi connectivity index (χ1n) is 4.83. The Labute approximate surface area is 88.2 Å². The third kappa shape index (κ3) is 1.93. The number of anilines is 1. The highest BCUT2D eigenvalue weighted by molar-refractivity contribution is 5.68. The third-order valence-electron chi connectivity index (χ3n) is 2.28. The fourth-order valence-corrected chi connectivity index (χ4v) is 1.39. The van der Waals surface area contributed by atoms with Gasteiger partial charge in [-0.15, -0.1) is 10.2 Å². The van der Waals surface area contributed by atoms with Crippen LogP contribution in [-0.2, 0) is 6.42 Å². The lowest BCUT2D eigenvalue weighted by Gasteiger charge is -2.03. The fourth-order valence-electron chi connectivity index (χ4n) is 1.39. The summed E-state index contributed by atoms with van der Waals surface area (Å²) >= 11 is 0. The van der Waals surface area contributed by atoms with Gasteiger partial charge in [0.15, 0.2) is 5.82 Å². The number of aromatic nitrogens is 3. The average molecular weight is 200 g/mol. The van der Waals surface area contributed by atoms with E-state index in [1.807, 2.05) is 12.1 Å². The lowest BCUT2D eigenvalue weighted by Crippen LogP contribution is -1.98. The maximum atomic E-state index is 5.71. The standard InChI is InChI=1S/C11H12N4/c1-2-8-3-5-9(6-4-8)10-11(12)13-7-14-15-10/h3-7H,2H2,1H3,(H2,12,13,14). The SMILES string of the molecule is CCc1ccc(-c2nncnc2N)cc1. The zero-order chi connectivity index (χ0) is 10.7. The Hall–Kier alpha value is -1.97. The maximum absolute atomic E-state index is 5.71. The van der Waals surface area contributed by atoms with Gasteiger partial charge in [0.1, 0.15) is 12.0 Å². The van der Waals surface area contributed by atoms with E-state index in [9.17, 15) is 0 Å². The van der Waals surface area contributed by atoms with Gasteiger partial charge in [-0.1, -0.05) is 31.2 Å². The van der Waals surface area contributed by atoms with E-state index >= 15 is 0 Å². The van der Waals surface area contributed by atoms with E-state index in [1.54, 1.807) is 0 Å². The van der Waals surface area contributed by atoms with Gasteiger partial charge in [0, 0.05) is 5.56 Å². The summed E-state index contributed by atoms with van der Waals surface area (Å²) in [6, 6.07) is 8.09. The number of hydrogen-bond acceptors (Lipinski definition) is 4. The zero-order valence-electron chi connectivity index (χ0n) is 8.51. The van der Waals surface area contributed by atoms with Gasteiger partial charge in [-0.05, 0) is 12.0 Å². The van der Waals surface area contributed by atoms with Gasteiger partial charge >= 0.3 is 0 Å². The van der Waals surface area contributed by atoms with Crippen LogP contribution in [0.1, 0.15) is 12.5 Å². The lowest BCUT2D eigenvalue weighted by molar-refractivity contribution is 0.983. The molecular formula is C11H12N4. The number of rotatable bonds is 2. The molecule has 0 bridgehead atoms. The minimum absolute atomic E-state index is 0.411. The molecule has 1 heterocycles. The Morgan fingerprint density at radius 1 is 1.20 bits per heavy atom. The summed E-state index contributed by atoms with van der Waals surface area (Å²) in [5, 5.41) is 7.69. The molecule has 4 heteroatoms. The second-order valence-electron chi connectivity index (χ2n) is 3.24. The molecule has 0 saturated heterocycles. The zero-order valence-corrected chi connectivity index (χ0v) is 8.51. The van der Waals surface area contributed by atoms with Gasteiger partial charge < -0.3 is 5.73 Å². The molecule has 0 aliphatic heterocycles. The molecule has 0 spiro atoms. The predicted molar refractivity (Wildman–Crippen MR) is 59.1 cm³/mol. The van der Waals surface area contributed by atoms with E-state index in [0.717, 1.165) is 12.0 Å². The van der Waals surface area contributed by atoms with Gasteiger partial charge in [0.2, 0.25) is 0 Å². The van der Waals surface area contributed by atoms with Gasteiger partial charge in [-0.2, -0.15) is 0 Å². The minimum Gasteiger partial charge on any atom is -0.382 e. The minimum atomic E-state index is 0.411. The number of aryl methyl sites for hydroxylation is 1. The summed E-state index contributed by atoms with van der Waals surface area (Å²) in [6.45, 7) is 2.12. The van der Waals surface area contributed by atoms with Crippen LogP contribution in [0.25, 0.3) is 11.3 Å². The molecule has 0 saturated carbocycles. The Morgan fingerprint density at radius 2 is 1.93 bits per heavy atom. The fraction of sp³-hybridized carbons (Fsp3) is 0.182.